The van der Waals surface area contributed by atoms with E-state index < -0.39 is 28.8 Å². The first-order valence-electron chi connectivity index (χ1n) is 13.7. The molecule has 4 fully saturated rings. The summed E-state index contributed by atoms with van der Waals surface area (Å²) in [5, 5.41) is 9.93. The van der Waals surface area contributed by atoms with Crippen molar-refractivity contribution in [3.63, 3.8) is 0 Å². The van der Waals surface area contributed by atoms with Crippen LogP contribution in [-0.4, -0.2) is 72.6 Å². The van der Waals surface area contributed by atoms with Crippen molar-refractivity contribution in [1.82, 2.24) is 20.1 Å². The van der Waals surface area contributed by atoms with Gasteiger partial charge >= 0.3 is 6.18 Å². The minimum absolute atomic E-state index is 0.0433. The van der Waals surface area contributed by atoms with E-state index in [1.54, 1.807) is 4.31 Å². The molecule has 38 heavy (non-hydrogen) atoms. The van der Waals surface area contributed by atoms with Gasteiger partial charge in [0.15, 0.2) is 5.69 Å². The number of piperidine rings is 1. The highest BCUT2D eigenvalue weighted by Crippen LogP contribution is 2.44. The van der Waals surface area contributed by atoms with E-state index in [2.05, 4.69) is 15.8 Å². The van der Waals surface area contributed by atoms with Gasteiger partial charge in [0.1, 0.15) is 11.9 Å². The number of alkyl halides is 4. The Morgan fingerprint density at radius 2 is 1.71 bits per heavy atom. The van der Waals surface area contributed by atoms with Crippen LogP contribution in [0.5, 0.6) is 0 Å². The molecule has 5 atom stereocenters. The van der Waals surface area contributed by atoms with Gasteiger partial charge < -0.3 is 15.2 Å². The summed E-state index contributed by atoms with van der Waals surface area (Å²) in [5.74, 6) is -0.184. The van der Waals surface area contributed by atoms with Crippen LogP contribution in [0.4, 0.5) is 17.6 Å². The van der Waals surface area contributed by atoms with Gasteiger partial charge in [0.25, 0.3) is 5.91 Å². The number of nitrogens with one attached hydrogen (secondary N) is 2. The zero-order valence-corrected chi connectivity index (χ0v) is 22.1. The van der Waals surface area contributed by atoms with Gasteiger partial charge in [0.2, 0.25) is 10.0 Å². The fraction of sp³-hybridized carbons (Fsp3) is 0.840. The Hall–Kier alpha value is -1.73. The molecule has 1 amide bonds. The molecule has 1 aromatic heterocycles. The summed E-state index contributed by atoms with van der Waals surface area (Å²) >= 11 is 0. The highest BCUT2D eigenvalue weighted by atomic mass is 32.2. The second-order valence-corrected chi connectivity index (χ2v) is 13.4. The number of hydrogen-bond acceptors (Lipinski definition) is 6. The van der Waals surface area contributed by atoms with Gasteiger partial charge in [-0.25, -0.2) is 12.8 Å². The Morgan fingerprint density at radius 1 is 1.05 bits per heavy atom. The monoisotopic (exact) mass is 564 g/mol. The molecule has 13 heteroatoms. The van der Waals surface area contributed by atoms with Crippen LogP contribution in [-0.2, 0) is 10.0 Å². The van der Waals surface area contributed by atoms with Crippen LogP contribution in [0.1, 0.15) is 92.8 Å². The Morgan fingerprint density at radius 3 is 2.32 bits per heavy atom. The summed E-state index contributed by atoms with van der Waals surface area (Å²) in [6.45, 7) is 0.318. The average molecular weight is 565 g/mol. The molecule has 3 heterocycles. The molecular weight excluding hydrogens is 528 g/mol. The number of nitrogens with zero attached hydrogens (tertiary/aromatic N) is 2. The first kappa shape index (κ1) is 27.8. The molecule has 1 unspecified atom stereocenters. The maximum atomic E-state index is 13.4. The number of sulfonamides is 1. The minimum Gasteiger partial charge on any atom is -0.360 e. The van der Waals surface area contributed by atoms with Crippen molar-refractivity contribution in [3.05, 3.63) is 17.5 Å². The number of amides is 1. The third-order valence-electron chi connectivity index (χ3n) is 8.52. The number of aromatic nitrogens is 1. The fourth-order valence-corrected chi connectivity index (χ4v) is 8.90. The largest absolute Gasteiger partial charge is 0.389 e. The summed E-state index contributed by atoms with van der Waals surface area (Å²) in [6, 6.07) is 1.16. The lowest BCUT2D eigenvalue weighted by atomic mass is 9.87. The SMILES string of the molecule is O=C(NC1C[C@H]2CC[C@@H](C1)N2S(=O)(=O)CC1CCC(NCCCC(F)(F)F)CC1)c1cc([C@H]2C[C@@H]2F)on1. The van der Waals surface area contributed by atoms with E-state index in [0.29, 0.717) is 31.6 Å². The first-order chi connectivity index (χ1) is 18.0. The number of halogens is 4. The fourth-order valence-electron chi connectivity index (χ4n) is 6.51. The van der Waals surface area contributed by atoms with Crippen molar-refractivity contribution in [2.45, 2.75) is 113 Å². The average Bonchev–Trinajstić information content (AvgIpc) is 3.24. The van der Waals surface area contributed by atoms with Gasteiger partial charge in [-0.1, -0.05) is 5.16 Å². The predicted octanol–water partition coefficient (Wildman–Crippen LogP) is 4.05. The van der Waals surface area contributed by atoms with E-state index in [-0.39, 0.29) is 59.8 Å². The molecule has 5 rings (SSSR count). The number of carbonyl (C=O) groups excluding carboxylic acids is 1. The van der Waals surface area contributed by atoms with E-state index in [1.807, 2.05) is 0 Å². The molecule has 0 aromatic carbocycles. The van der Waals surface area contributed by atoms with Crippen LogP contribution in [0.3, 0.4) is 0 Å². The van der Waals surface area contributed by atoms with Crippen molar-refractivity contribution < 1.29 is 35.3 Å². The van der Waals surface area contributed by atoms with Crippen molar-refractivity contribution >= 4 is 15.9 Å². The summed E-state index contributed by atoms with van der Waals surface area (Å²) < 4.78 is 83.8. The summed E-state index contributed by atoms with van der Waals surface area (Å²) in [4.78, 5) is 12.7. The Kier molecular flexibility index (Phi) is 8.08. The van der Waals surface area contributed by atoms with Crippen LogP contribution >= 0.6 is 0 Å². The van der Waals surface area contributed by atoms with Crippen LogP contribution in [0, 0.1) is 5.92 Å². The zero-order chi connectivity index (χ0) is 27.1. The molecule has 0 spiro atoms. The molecular formula is C25H36F4N4O4S. The first-order valence-corrected chi connectivity index (χ1v) is 15.3. The number of rotatable bonds is 10. The maximum Gasteiger partial charge on any atom is 0.389 e. The van der Waals surface area contributed by atoms with Gasteiger partial charge in [0.05, 0.1) is 11.7 Å². The predicted molar refractivity (Wildman–Crippen MR) is 131 cm³/mol. The lowest BCUT2D eigenvalue weighted by Crippen LogP contribution is -2.53. The second kappa shape index (κ2) is 11.0. The minimum atomic E-state index is -4.13. The number of hydrogen-bond donors (Lipinski definition) is 2. The molecule has 0 radical (unpaired) electrons. The highest BCUT2D eigenvalue weighted by molar-refractivity contribution is 7.89. The zero-order valence-electron chi connectivity index (χ0n) is 21.3. The van der Waals surface area contributed by atoms with Crippen molar-refractivity contribution in [2.24, 2.45) is 5.92 Å². The Balaban J connectivity index is 1.07. The lowest BCUT2D eigenvalue weighted by Gasteiger charge is -2.39. The van der Waals surface area contributed by atoms with Gasteiger partial charge in [-0.15, -0.1) is 0 Å². The van der Waals surface area contributed by atoms with Crippen LogP contribution in [0.2, 0.25) is 0 Å². The molecule has 8 nitrogen and oxygen atoms in total. The summed E-state index contributed by atoms with van der Waals surface area (Å²) in [5.41, 5.74) is 0.118. The molecule has 2 aliphatic heterocycles. The molecule has 4 aliphatic rings. The molecule has 2 N–H and O–H groups in total. The third-order valence-corrected chi connectivity index (χ3v) is 10.7. The quantitative estimate of drug-likeness (QED) is 0.328. The van der Waals surface area contributed by atoms with Crippen LogP contribution < -0.4 is 10.6 Å². The van der Waals surface area contributed by atoms with E-state index in [0.717, 1.165) is 38.5 Å². The number of carbonyl (C=O) groups is 1. The van der Waals surface area contributed by atoms with Crippen LogP contribution in [0.25, 0.3) is 0 Å². The van der Waals surface area contributed by atoms with E-state index in [9.17, 15) is 30.8 Å². The van der Waals surface area contributed by atoms with Crippen LogP contribution in [0.15, 0.2) is 10.6 Å². The van der Waals surface area contributed by atoms with Gasteiger partial charge in [-0.3, -0.25) is 4.79 Å². The van der Waals surface area contributed by atoms with Crippen molar-refractivity contribution in [1.29, 1.82) is 0 Å². The molecule has 2 aliphatic carbocycles. The third kappa shape index (κ3) is 6.70. The van der Waals surface area contributed by atoms with E-state index in [1.165, 1.54) is 6.07 Å². The molecule has 2 bridgehead atoms. The van der Waals surface area contributed by atoms with Gasteiger partial charge in [-0.2, -0.15) is 17.5 Å². The Bertz CT molecular complexity index is 1080. The molecule has 1 aromatic rings. The highest BCUT2D eigenvalue weighted by Gasteiger charge is 2.48. The Labute approximate surface area is 220 Å². The van der Waals surface area contributed by atoms with Gasteiger partial charge in [0, 0.05) is 36.7 Å². The topological polar surface area (TPSA) is 105 Å². The molecule has 2 saturated carbocycles. The molecule has 2 saturated heterocycles. The van der Waals surface area contributed by atoms with Crippen molar-refractivity contribution in [3.8, 4) is 0 Å². The van der Waals surface area contributed by atoms with Crippen molar-refractivity contribution in [2.75, 3.05) is 12.3 Å². The molecule has 214 valence electrons. The van der Waals surface area contributed by atoms with E-state index in [4.69, 9.17) is 4.52 Å². The number of fused-ring (bicyclic) bond motifs is 2. The van der Waals surface area contributed by atoms with Gasteiger partial charge in [-0.05, 0) is 76.7 Å². The van der Waals surface area contributed by atoms with E-state index >= 15 is 0 Å². The summed E-state index contributed by atoms with van der Waals surface area (Å²) in [6.07, 6.45) is 0.181. The smallest absolute Gasteiger partial charge is 0.360 e. The normalized spacial score (nSPS) is 33.8. The summed E-state index contributed by atoms with van der Waals surface area (Å²) in [7, 11) is -3.47. The lowest BCUT2D eigenvalue weighted by molar-refractivity contribution is -0.135. The second-order valence-electron chi connectivity index (χ2n) is 11.5. The standard InChI is InChI=1S/C25H36F4N4O4S/c26-21-12-20(21)23-13-22(32-37-23)24(34)31-17-10-18-6-7-19(11-17)33(18)38(35,36)14-15-2-4-16(5-3-15)30-9-1-8-25(27,28)29/h13,15-21,30H,1-12,14H2,(H,31,34)/t15?,16?,17?,18-,19+,20-,21-/m0/s1. The maximum absolute atomic E-state index is 13.4.